The number of hydrogen-bond acceptors (Lipinski definition) is 6. The van der Waals surface area contributed by atoms with Crippen molar-refractivity contribution in [2.24, 2.45) is 5.14 Å². The molecule has 154 valence electrons. The fourth-order valence-corrected chi connectivity index (χ4v) is 3.45. The number of hydrogen-bond donors (Lipinski definition) is 2. The molecule has 1 heterocycles. The van der Waals surface area contributed by atoms with Crippen LogP contribution in [0.4, 0.5) is 0 Å². The molecule has 29 heavy (non-hydrogen) atoms. The van der Waals surface area contributed by atoms with E-state index in [2.05, 4.69) is 5.32 Å². The first-order valence-electron chi connectivity index (χ1n) is 9.09. The van der Waals surface area contributed by atoms with Crippen molar-refractivity contribution in [1.82, 2.24) is 5.32 Å². The first kappa shape index (κ1) is 20.8. The Bertz CT molecular complexity index is 1020. The summed E-state index contributed by atoms with van der Waals surface area (Å²) >= 11 is 0. The Morgan fingerprint density at radius 3 is 2.34 bits per heavy atom. The van der Waals surface area contributed by atoms with Crippen molar-refractivity contribution in [3.63, 3.8) is 0 Å². The topological polar surface area (TPSA) is 125 Å². The minimum absolute atomic E-state index is 0.00445. The van der Waals surface area contributed by atoms with Gasteiger partial charge in [0.15, 0.2) is 17.3 Å². The predicted octanol–water partition coefficient (Wildman–Crippen LogP) is 1.95. The van der Waals surface area contributed by atoms with E-state index in [4.69, 9.17) is 14.6 Å². The van der Waals surface area contributed by atoms with Crippen molar-refractivity contribution >= 4 is 21.7 Å². The number of nitrogens with one attached hydrogen (secondary N) is 1. The van der Waals surface area contributed by atoms with Crippen molar-refractivity contribution in [1.29, 1.82) is 0 Å². The van der Waals surface area contributed by atoms with Gasteiger partial charge in [0.1, 0.15) is 13.2 Å². The number of ketones is 1. The number of primary sulfonamides is 1. The van der Waals surface area contributed by atoms with Gasteiger partial charge < -0.3 is 14.8 Å². The molecular formula is C20H22N2O6S. The lowest BCUT2D eigenvalue weighted by molar-refractivity contribution is -0.121. The molecule has 0 saturated carbocycles. The van der Waals surface area contributed by atoms with Crippen LogP contribution in [0.5, 0.6) is 11.5 Å². The van der Waals surface area contributed by atoms with Crippen LogP contribution in [0.25, 0.3) is 0 Å². The molecule has 0 radical (unpaired) electrons. The third-order valence-corrected chi connectivity index (χ3v) is 5.46. The summed E-state index contributed by atoms with van der Waals surface area (Å²) in [7, 11) is -3.76. The summed E-state index contributed by atoms with van der Waals surface area (Å²) in [5.74, 6) is 0.692. The van der Waals surface area contributed by atoms with E-state index >= 15 is 0 Å². The molecule has 3 rings (SSSR count). The quantitative estimate of drug-likeness (QED) is 0.662. The van der Waals surface area contributed by atoms with Crippen LogP contribution in [-0.2, 0) is 14.8 Å². The van der Waals surface area contributed by atoms with Crippen molar-refractivity contribution in [2.45, 2.75) is 30.7 Å². The molecule has 0 bridgehead atoms. The highest BCUT2D eigenvalue weighted by molar-refractivity contribution is 7.89. The van der Waals surface area contributed by atoms with Gasteiger partial charge >= 0.3 is 0 Å². The molecule has 0 aromatic heterocycles. The highest BCUT2D eigenvalue weighted by atomic mass is 32.2. The SMILES string of the molecule is C[C@H](NC(=O)CCC(=O)c1ccc2c(c1)OCCO2)c1ccc(S(N)(=O)=O)cc1. The summed E-state index contributed by atoms with van der Waals surface area (Å²) in [6, 6.07) is 10.6. The molecule has 9 heteroatoms. The smallest absolute Gasteiger partial charge is 0.238 e. The van der Waals surface area contributed by atoms with Gasteiger partial charge in [0, 0.05) is 18.4 Å². The minimum atomic E-state index is -3.76. The number of sulfonamides is 1. The molecule has 3 N–H and O–H groups in total. The van der Waals surface area contributed by atoms with E-state index in [1.165, 1.54) is 12.1 Å². The molecule has 0 saturated heterocycles. The lowest BCUT2D eigenvalue weighted by Crippen LogP contribution is -2.27. The average Bonchev–Trinajstić information content (AvgIpc) is 2.71. The molecule has 1 aliphatic rings. The lowest BCUT2D eigenvalue weighted by Gasteiger charge is -2.18. The Kier molecular flexibility index (Phi) is 6.19. The van der Waals surface area contributed by atoms with E-state index in [0.29, 0.717) is 30.3 Å². The number of carbonyl (C=O) groups excluding carboxylic acids is 2. The summed E-state index contributed by atoms with van der Waals surface area (Å²) in [5.41, 5.74) is 1.19. The Hall–Kier alpha value is -2.91. The summed E-state index contributed by atoms with van der Waals surface area (Å²) in [6.07, 6.45) is 0.0927. The van der Waals surface area contributed by atoms with E-state index in [1.54, 1.807) is 37.3 Å². The minimum Gasteiger partial charge on any atom is -0.486 e. The number of fused-ring (bicyclic) bond motifs is 1. The van der Waals surface area contributed by atoms with Gasteiger partial charge in [0.2, 0.25) is 15.9 Å². The second kappa shape index (κ2) is 8.62. The Balaban J connectivity index is 1.53. The first-order valence-corrected chi connectivity index (χ1v) is 10.6. The van der Waals surface area contributed by atoms with Crippen LogP contribution in [0.15, 0.2) is 47.4 Å². The molecule has 2 aromatic rings. The largest absolute Gasteiger partial charge is 0.486 e. The van der Waals surface area contributed by atoms with Crippen molar-refractivity contribution in [2.75, 3.05) is 13.2 Å². The highest BCUT2D eigenvalue weighted by Crippen LogP contribution is 2.31. The van der Waals surface area contributed by atoms with Crippen LogP contribution in [0.3, 0.4) is 0 Å². The Morgan fingerprint density at radius 2 is 1.69 bits per heavy atom. The number of ether oxygens (including phenoxy) is 2. The van der Waals surface area contributed by atoms with E-state index in [0.717, 1.165) is 5.56 Å². The molecule has 0 aliphatic carbocycles. The van der Waals surface area contributed by atoms with Gasteiger partial charge in [-0.05, 0) is 42.8 Å². The molecular weight excluding hydrogens is 396 g/mol. The van der Waals surface area contributed by atoms with Gasteiger partial charge in [-0.1, -0.05) is 12.1 Å². The average molecular weight is 418 g/mol. The normalized spacial score (nSPS) is 14.1. The monoisotopic (exact) mass is 418 g/mol. The van der Waals surface area contributed by atoms with Crippen LogP contribution >= 0.6 is 0 Å². The van der Waals surface area contributed by atoms with Crippen LogP contribution in [0.1, 0.15) is 41.7 Å². The van der Waals surface area contributed by atoms with E-state index < -0.39 is 10.0 Å². The van der Waals surface area contributed by atoms with E-state index in [1.807, 2.05) is 0 Å². The maximum absolute atomic E-state index is 12.4. The van der Waals surface area contributed by atoms with Crippen molar-refractivity contribution < 1.29 is 27.5 Å². The maximum Gasteiger partial charge on any atom is 0.238 e. The number of benzene rings is 2. The summed E-state index contributed by atoms with van der Waals surface area (Å²) in [5, 5.41) is 7.87. The van der Waals surface area contributed by atoms with Gasteiger partial charge in [-0.2, -0.15) is 0 Å². The fraction of sp³-hybridized carbons (Fsp3) is 0.300. The second-order valence-electron chi connectivity index (χ2n) is 6.68. The second-order valence-corrected chi connectivity index (χ2v) is 8.25. The molecule has 2 aromatic carbocycles. The van der Waals surface area contributed by atoms with E-state index in [-0.39, 0.29) is 35.5 Å². The Morgan fingerprint density at radius 1 is 1.03 bits per heavy atom. The van der Waals surface area contributed by atoms with Crippen molar-refractivity contribution in [3.05, 3.63) is 53.6 Å². The van der Waals surface area contributed by atoms with Crippen LogP contribution in [-0.4, -0.2) is 33.3 Å². The highest BCUT2D eigenvalue weighted by Gasteiger charge is 2.17. The number of rotatable bonds is 7. The zero-order valence-electron chi connectivity index (χ0n) is 15.9. The zero-order valence-corrected chi connectivity index (χ0v) is 16.7. The van der Waals surface area contributed by atoms with Gasteiger partial charge in [0.05, 0.1) is 10.9 Å². The molecule has 8 nitrogen and oxygen atoms in total. The lowest BCUT2D eigenvalue weighted by atomic mass is 10.0. The van der Waals surface area contributed by atoms with Gasteiger partial charge in [0.25, 0.3) is 0 Å². The zero-order chi connectivity index (χ0) is 21.0. The van der Waals surface area contributed by atoms with Gasteiger partial charge in [-0.15, -0.1) is 0 Å². The maximum atomic E-state index is 12.4. The summed E-state index contributed by atoms with van der Waals surface area (Å²) in [4.78, 5) is 24.6. The number of carbonyl (C=O) groups is 2. The Labute approximate surface area is 169 Å². The standard InChI is InChI=1S/C20H22N2O6S/c1-13(14-2-5-16(6-3-14)29(21,25)26)22-20(24)9-7-17(23)15-4-8-18-19(12-15)28-11-10-27-18/h2-6,8,12-13H,7,9-11H2,1H3,(H,22,24)(H2,21,25,26)/t13-/m0/s1. The molecule has 1 amide bonds. The molecule has 0 fully saturated rings. The number of nitrogens with two attached hydrogens (primary N) is 1. The van der Waals surface area contributed by atoms with Crippen LogP contribution < -0.4 is 19.9 Å². The fourth-order valence-electron chi connectivity index (χ4n) is 2.93. The van der Waals surface area contributed by atoms with Crippen LogP contribution in [0.2, 0.25) is 0 Å². The molecule has 1 atom stereocenters. The molecule has 1 aliphatic heterocycles. The molecule has 0 unspecified atom stereocenters. The van der Waals surface area contributed by atoms with E-state index in [9.17, 15) is 18.0 Å². The van der Waals surface area contributed by atoms with Gasteiger partial charge in [-0.3, -0.25) is 9.59 Å². The number of Topliss-reactive ketones (excluding diaryl/α,β-unsaturated/α-hetero) is 1. The van der Waals surface area contributed by atoms with Crippen molar-refractivity contribution in [3.8, 4) is 11.5 Å². The first-order chi connectivity index (χ1) is 13.7. The summed E-state index contributed by atoms with van der Waals surface area (Å²) < 4.78 is 33.5. The molecule has 0 spiro atoms. The van der Waals surface area contributed by atoms with Crippen LogP contribution in [0, 0.1) is 0 Å². The summed E-state index contributed by atoms with van der Waals surface area (Å²) in [6.45, 7) is 2.68. The van der Waals surface area contributed by atoms with Gasteiger partial charge in [-0.25, -0.2) is 13.6 Å². The predicted molar refractivity (Wildman–Crippen MR) is 105 cm³/mol. The third kappa shape index (κ3) is 5.33. The number of amides is 1. The third-order valence-electron chi connectivity index (χ3n) is 4.53.